The van der Waals surface area contributed by atoms with Crippen LogP contribution in [-0.2, 0) is 13.1 Å². The van der Waals surface area contributed by atoms with E-state index >= 15 is 0 Å². The van der Waals surface area contributed by atoms with E-state index in [9.17, 15) is 4.79 Å². The molecule has 2 aromatic heterocycles. The third-order valence-corrected chi connectivity index (χ3v) is 4.62. The lowest BCUT2D eigenvalue weighted by Gasteiger charge is -2.11. The van der Waals surface area contributed by atoms with E-state index in [0.29, 0.717) is 37.1 Å². The summed E-state index contributed by atoms with van der Waals surface area (Å²) < 4.78 is 11.3. The van der Waals surface area contributed by atoms with E-state index in [4.69, 9.17) is 9.47 Å². The van der Waals surface area contributed by atoms with Crippen LogP contribution in [0.3, 0.4) is 0 Å². The van der Waals surface area contributed by atoms with Crippen molar-refractivity contribution in [2.24, 2.45) is 0 Å². The molecule has 3 rings (SSSR count). The molecule has 0 atom stereocenters. The quantitative estimate of drug-likeness (QED) is 0.598. The number of pyridine rings is 1. The van der Waals surface area contributed by atoms with Gasteiger partial charge in [0, 0.05) is 29.9 Å². The fourth-order valence-electron chi connectivity index (χ4n) is 2.40. The van der Waals surface area contributed by atoms with Crippen LogP contribution in [0.15, 0.2) is 48.8 Å². The Morgan fingerprint density at radius 3 is 2.50 bits per heavy atom. The number of carbonyl (C=O) groups excluding carboxylic acids is 1. The minimum atomic E-state index is -0.239. The SMILES string of the molecule is CCOc1ccccc1Oc1ccc(CNC(=O)NCc2cnc(C)s2)cn1. The molecular weight excluding hydrogens is 376 g/mol. The zero-order chi connectivity index (χ0) is 19.8. The van der Waals surface area contributed by atoms with Crippen molar-refractivity contribution >= 4 is 17.4 Å². The monoisotopic (exact) mass is 398 g/mol. The molecule has 0 radical (unpaired) electrons. The Labute approximate surface area is 167 Å². The summed E-state index contributed by atoms with van der Waals surface area (Å²) in [7, 11) is 0. The Hall–Kier alpha value is -3.13. The van der Waals surface area contributed by atoms with Crippen molar-refractivity contribution in [2.75, 3.05) is 6.61 Å². The Balaban J connectivity index is 1.48. The largest absolute Gasteiger partial charge is 0.490 e. The Kier molecular flexibility index (Phi) is 6.80. The third kappa shape index (κ3) is 5.68. The van der Waals surface area contributed by atoms with Gasteiger partial charge >= 0.3 is 6.03 Å². The van der Waals surface area contributed by atoms with Gasteiger partial charge in [-0.1, -0.05) is 18.2 Å². The van der Waals surface area contributed by atoms with Gasteiger partial charge in [0.2, 0.25) is 5.88 Å². The second kappa shape index (κ2) is 9.70. The number of nitrogens with one attached hydrogen (secondary N) is 2. The first-order valence-electron chi connectivity index (χ1n) is 8.91. The zero-order valence-electron chi connectivity index (χ0n) is 15.8. The lowest BCUT2D eigenvalue weighted by Crippen LogP contribution is -2.34. The highest BCUT2D eigenvalue weighted by molar-refractivity contribution is 7.11. The molecule has 2 N–H and O–H groups in total. The summed E-state index contributed by atoms with van der Waals surface area (Å²) in [6, 6.07) is 10.8. The van der Waals surface area contributed by atoms with Gasteiger partial charge < -0.3 is 20.1 Å². The fourth-order valence-corrected chi connectivity index (χ4v) is 3.13. The van der Waals surface area contributed by atoms with E-state index in [1.54, 1.807) is 29.8 Å². The van der Waals surface area contributed by atoms with Gasteiger partial charge in [-0.2, -0.15) is 0 Å². The first-order valence-corrected chi connectivity index (χ1v) is 9.73. The van der Waals surface area contributed by atoms with Crippen LogP contribution in [0.25, 0.3) is 0 Å². The first kappa shape index (κ1) is 19.6. The van der Waals surface area contributed by atoms with Crippen LogP contribution in [0, 0.1) is 6.92 Å². The number of aromatic nitrogens is 2. The van der Waals surface area contributed by atoms with Gasteiger partial charge in [-0.3, -0.25) is 0 Å². The van der Waals surface area contributed by atoms with E-state index in [1.807, 2.05) is 44.2 Å². The summed E-state index contributed by atoms with van der Waals surface area (Å²) >= 11 is 1.56. The van der Waals surface area contributed by atoms with Crippen LogP contribution in [-0.4, -0.2) is 22.6 Å². The summed E-state index contributed by atoms with van der Waals surface area (Å²) in [6.07, 6.45) is 3.44. The second-order valence-electron chi connectivity index (χ2n) is 5.87. The Morgan fingerprint density at radius 2 is 1.82 bits per heavy atom. The molecule has 0 bridgehead atoms. The number of amides is 2. The number of para-hydroxylation sites is 2. The zero-order valence-corrected chi connectivity index (χ0v) is 16.6. The van der Waals surface area contributed by atoms with E-state index in [1.165, 1.54) is 0 Å². The van der Waals surface area contributed by atoms with Gasteiger partial charge in [-0.15, -0.1) is 11.3 Å². The average molecular weight is 398 g/mol. The lowest BCUT2D eigenvalue weighted by atomic mass is 10.3. The van der Waals surface area contributed by atoms with Crippen LogP contribution in [0.5, 0.6) is 17.4 Å². The van der Waals surface area contributed by atoms with Crippen LogP contribution in [0.2, 0.25) is 0 Å². The van der Waals surface area contributed by atoms with E-state index in [2.05, 4.69) is 20.6 Å². The number of benzene rings is 1. The molecule has 0 fully saturated rings. The minimum Gasteiger partial charge on any atom is -0.490 e. The molecule has 2 amide bonds. The molecule has 2 heterocycles. The molecule has 0 saturated heterocycles. The standard InChI is InChI=1S/C20H22N4O3S/c1-3-26-17-6-4-5-7-18(17)27-19-9-8-15(10-22-19)11-23-20(25)24-13-16-12-21-14(2)28-16/h4-10,12H,3,11,13H2,1-2H3,(H2,23,24,25). The molecule has 0 unspecified atom stereocenters. The highest BCUT2D eigenvalue weighted by atomic mass is 32.1. The van der Waals surface area contributed by atoms with Crippen LogP contribution in [0.4, 0.5) is 4.79 Å². The van der Waals surface area contributed by atoms with E-state index < -0.39 is 0 Å². The van der Waals surface area contributed by atoms with Crippen molar-refractivity contribution in [3.63, 3.8) is 0 Å². The van der Waals surface area contributed by atoms with Crippen LogP contribution < -0.4 is 20.1 Å². The minimum absolute atomic E-state index is 0.239. The first-order chi connectivity index (χ1) is 13.6. The second-order valence-corrected chi connectivity index (χ2v) is 7.19. The van der Waals surface area contributed by atoms with Crippen molar-refractivity contribution < 1.29 is 14.3 Å². The highest BCUT2D eigenvalue weighted by Crippen LogP contribution is 2.30. The van der Waals surface area contributed by atoms with Crippen molar-refractivity contribution in [1.29, 1.82) is 0 Å². The molecule has 146 valence electrons. The molecule has 0 aliphatic carbocycles. The molecule has 3 aromatic rings. The molecule has 0 aliphatic rings. The maximum absolute atomic E-state index is 11.9. The predicted octanol–water partition coefficient (Wildman–Crippen LogP) is 4.04. The molecule has 28 heavy (non-hydrogen) atoms. The van der Waals surface area contributed by atoms with E-state index in [0.717, 1.165) is 15.4 Å². The number of rotatable bonds is 8. The molecule has 8 heteroatoms. The smallest absolute Gasteiger partial charge is 0.315 e. The topological polar surface area (TPSA) is 85.4 Å². The summed E-state index contributed by atoms with van der Waals surface area (Å²) in [5.74, 6) is 1.74. The van der Waals surface area contributed by atoms with Gasteiger partial charge in [0.05, 0.1) is 18.2 Å². The fraction of sp³-hybridized carbons (Fsp3) is 0.250. The van der Waals surface area contributed by atoms with Crippen molar-refractivity contribution in [1.82, 2.24) is 20.6 Å². The van der Waals surface area contributed by atoms with Gasteiger partial charge in [0.1, 0.15) is 0 Å². The number of ether oxygens (including phenoxy) is 2. The molecule has 1 aromatic carbocycles. The molecule has 7 nitrogen and oxygen atoms in total. The Bertz CT molecular complexity index is 912. The van der Waals surface area contributed by atoms with Crippen molar-refractivity contribution in [2.45, 2.75) is 26.9 Å². The van der Waals surface area contributed by atoms with Crippen LogP contribution in [0.1, 0.15) is 22.4 Å². The van der Waals surface area contributed by atoms with Crippen molar-refractivity contribution in [3.05, 3.63) is 64.2 Å². The number of urea groups is 1. The van der Waals surface area contributed by atoms with Crippen LogP contribution >= 0.6 is 11.3 Å². The number of hydrogen-bond donors (Lipinski definition) is 2. The third-order valence-electron chi connectivity index (χ3n) is 3.71. The van der Waals surface area contributed by atoms with Gasteiger partial charge in [0.15, 0.2) is 11.5 Å². The number of aryl methyl sites for hydroxylation is 1. The molecular formula is C20H22N4O3S. The normalized spacial score (nSPS) is 10.4. The predicted molar refractivity (Wildman–Crippen MR) is 108 cm³/mol. The number of hydrogen-bond acceptors (Lipinski definition) is 6. The maximum Gasteiger partial charge on any atom is 0.315 e. The molecule has 0 spiro atoms. The summed E-state index contributed by atoms with van der Waals surface area (Å²) in [5.41, 5.74) is 0.870. The van der Waals surface area contributed by atoms with Gasteiger partial charge in [-0.05, 0) is 31.5 Å². The highest BCUT2D eigenvalue weighted by Gasteiger charge is 2.07. The van der Waals surface area contributed by atoms with E-state index in [-0.39, 0.29) is 6.03 Å². The average Bonchev–Trinajstić information content (AvgIpc) is 3.13. The van der Waals surface area contributed by atoms with Gasteiger partial charge in [0.25, 0.3) is 0 Å². The summed E-state index contributed by atoms with van der Waals surface area (Å²) in [4.78, 5) is 21.4. The van der Waals surface area contributed by atoms with Gasteiger partial charge in [-0.25, -0.2) is 14.8 Å². The lowest BCUT2D eigenvalue weighted by molar-refractivity contribution is 0.240. The maximum atomic E-state index is 11.9. The van der Waals surface area contributed by atoms with Crippen molar-refractivity contribution in [3.8, 4) is 17.4 Å². The summed E-state index contributed by atoms with van der Waals surface area (Å²) in [5, 5.41) is 6.59. The number of carbonyl (C=O) groups is 1. The Morgan fingerprint density at radius 1 is 1.04 bits per heavy atom. The molecule has 0 saturated carbocycles. The molecule has 0 aliphatic heterocycles. The summed E-state index contributed by atoms with van der Waals surface area (Å²) in [6.45, 7) is 5.25. The number of nitrogens with zero attached hydrogens (tertiary/aromatic N) is 2. The number of thiazole rings is 1.